The van der Waals surface area contributed by atoms with Crippen LogP contribution in [-0.4, -0.2) is 33.8 Å². The minimum Gasteiger partial charge on any atom is -0.493 e. The molecule has 1 aliphatic heterocycles. The van der Waals surface area contributed by atoms with Crippen LogP contribution in [0.3, 0.4) is 0 Å². The molecule has 2 unspecified atom stereocenters. The molecule has 0 radical (unpaired) electrons. The van der Waals surface area contributed by atoms with Crippen LogP contribution in [0, 0.1) is 5.92 Å². The summed E-state index contributed by atoms with van der Waals surface area (Å²) in [7, 11) is 4.70. The standard InChI is InChI=1S/C20H25N3O4/c1-25-16-9-13(10-17(26-2)19(16)27-3)11-21-20(24)15-12-22-23-18(15)14-7-5-4-6-8-14/h4-10,15,18,22-23H,11-12H2,1-3H3,(H,21,24). The lowest BCUT2D eigenvalue weighted by molar-refractivity contribution is -0.125. The third-order valence-corrected chi connectivity index (χ3v) is 4.67. The van der Waals surface area contributed by atoms with Crippen LogP contribution in [0.25, 0.3) is 0 Å². The lowest BCUT2D eigenvalue weighted by Crippen LogP contribution is -2.34. The van der Waals surface area contributed by atoms with E-state index in [2.05, 4.69) is 16.2 Å². The summed E-state index contributed by atoms with van der Waals surface area (Å²) in [6, 6.07) is 13.6. The number of methoxy groups -OCH3 is 3. The Morgan fingerprint density at radius 1 is 1.07 bits per heavy atom. The molecule has 0 aliphatic carbocycles. The van der Waals surface area contributed by atoms with Crippen LogP contribution in [-0.2, 0) is 11.3 Å². The van der Waals surface area contributed by atoms with Crippen molar-refractivity contribution in [3.63, 3.8) is 0 Å². The smallest absolute Gasteiger partial charge is 0.226 e. The monoisotopic (exact) mass is 371 g/mol. The maximum absolute atomic E-state index is 12.8. The van der Waals surface area contributed by atoms with Gasteiger partial charge in [-0.3, -0.25) is 10.2 Å². The molecule has 144 valence electrons. The van der Waals surface area contributed by atoms with Gasteiger partial charge in [0.25, 0.3) is 0 Å². The highest BCUT2D eigenvalue weighted by atomic mass is 16.5. The van der Waals surface area contributed by atoms with Gasteiger partial charge in [-0.1, -0.05) is 30.3 Å². The van der Waals surface area contributed by atoms with Crippen LogP contribution < -0.4 is 30.4 Å². The van der Waals surface area contributed by atoms with E-state index in [1.807, 2.05) is 42.5 Å². The van der Waals surface area contributed by atoms with Crippen LogP contribution in [0.1, 0.15) is 17.2 Å². The molecular weight excluding hydrogens is 346 g/mol. The van der Waals surface area contributed by atoms with E-state index in [9.17, 15) is 4.79 Å². The Hall–Kier alpha value is -2.77. The summed E-state index contributed by atoms with van der Waals surface area (Å²) in [5.41, 5.74) is 8.22. The lowest BCUT2D eigenvalue weighted by Gasteiger charge is -2.19. The molecule has 0 aromatic heterocycles. The second-order valence-corrected chi connectivity index (χ2v) is 6.27. The van der Waals surface area contributed by atoms with Crippen molar-refractivity contribution >= 4 is 5.91 Å². The van der Waals surface area contributed by atoms with Crippen molar-refractivity contribution in [3.05, 3.63) is 53.6 Å². The fourth-order valence-electron chi connectivity index (χ4n) is 3.28. The average Bonchev–Trinajstić information content (AvgIpc) is 3.21. The number of carbonyl (C=O) groups is 1. The Kier molecular flexibility index (Phi) is 6.16. The minimum absolute atomic E-state index is 0.0184. The van der Waals surface area contributed by atoms with Crippen molar-refractivity contribution in [2.75, 3.05) is 27.9 Å². The summed E-state index contributed by atoms with van der Waals surface area (Å²) in [4.78, 5) is 12.8. The van der Waals surface area contributed by atoms with E-state index >= 15 is 0 Å². The first-order valence-electron chi connectivity index (χ1n) is 8.77. The molecule has 0 bridgehead atoms. The van der Waals surface area contributed by atoms with Gasteiger partial charge < -0.3 is 19.5 Å². The molecule has 1 amide bonds. The Labute approximate surface area is 159 Å². The largest absolute Gasteiger partial charge is 0.493 e. The Morgan fingerprint density at radius 2 is 1.74 bits per heavy atom. The third-order valence-electron chi connectivity index (χ3n) is 4.67. The number of hydrazine groups is 1. The van der Waals surface area contributed by atoms with Gasteiger partial charge in [0.15, 0.2) is 11.5 Å². The molecule has 3 N–H and O–H groups in total. The summed E-state index contributed by atoms with van der Waals surface area (Å²) in [5.74, 6) is 1.44. The molecule has 3 rings (SSSR count). The van der Waals surface area contributed by atoms with Gasteiger partial charge in [0.1, 0.15) is 0 Å². The fourth-order valence-corrected chi connectivity index (χ4v) is 3.28. The minimum atomic E-state index is -0.200. The number of hydrogen-bond donors (Lipinski definition) is 3. The highest BCUT2D eigenvalue weighted by Gasteiger charge is 2.33. The van der Waals surface area contributed by atoms with Gasteiger partial charge in [0.05, 0.1) is 33.3 Å². The number of ether oxygens (including phenoxy) is 3. The number of rotatable bonds is 7. The van der Waals surface area contributed by atoms with Crippen molar-refractivity contribution in [3.8, 4) is 17.2 Å². The summed E-state index contributed by atoms with van der Waals surface area (Å²) >= 11 is 0. The molecule has 1 saturated heterocycles. The topological polar surface area (TPSA) is 80.9 Å². The van der Waals surface area contributed by atoms with Gasteiger partial charge >= 0.3 is 0 Å². The van der Waals surface area contributed by atoms with Crippen molar-refractivity contribution in [1.82, 2.24) is 16.2 Å². The maximum atomic E-state index is 12.8. The predicted octanol–water partition coefficient (Wildman–Crippen LogP) is 1.79. The molecule has 0 spiro atoms. The van der Waals surface area contributed by atoms with Crippen LogP contribution in [0.4, 0.5) is 0 Å². The summed E-state index contributed by atoms with van der Waals surface area (Å²) < 4.78 is 16.1. The quantitative estimate of drug-likeness (QED) is 0.689. The van der Waals surface area contributed by atoms with Crippen LogP contribution >= 0.6 is 0 Å². The first kappa shape index (κ1) is 19.0. The van der Waals surface area contributed by atoms with Crippen LogP contribution in [0.5, 0.6) is 17.2 Å². The van der Waals surface area contributed by atoms with E-state index in [-0.39, 0.29) is 17.9 Å². The highest BCUT2D eigenvalue weighted by Crippen LogP contribution is 2.38. The van der Waals surface area contributed by atoms with E-state index in [0.29, 0.717) is 30.3 Å². The zero-order valence-electron chi connectivity index (χ0n) is 15.7. The predicted molar refractivity (Wildman–Crippen MR) is 102 cm³/mol. The first-order valence-corrected chi connectivity index (χ1v) is 8.77. The second-order valence-electron chi connectivity index (χ2n) is 6.27. The summed E-state index contributed by atoms with van der Waals surface area (Å²) in [5, 5.41) is 3.01. The molecule has 2 aromatic carbocycles. The molecule has 2 atom stereocenters. The molecule has 27 heavy (non-hydrogen) atoms. The van der Waals surface area contributed by atoms with Gasteiger partial charge in [-0.05, 0) is 23.3 Å². The van der Waals surface area contributed by atoms with Crippen molar-refractivity contribution in [1.29, 1.82) is 0 Å². The van der Waals surface area contributed by atoms with E-state index < -0.39 is 0 Å². The molecule has 1 fully saturated rings. The molecule has 1 heterocycles. The van der Waals surface area contributed by atoms with Gasteiger partial charge in [0, 0.05) is 13.1 Å². The van der Waals surface area contributed by atoms with Gasteiger partial charge in [-0.2, -0.15) is 0 Å². The zero-order chi connectivity index (χ0) is 19.2. The second kappa shape index (κ2) is 8.75. The molecule has 2 aromatic rings. The summed E-state index contributed by atoms with van der Waals surface area (Å²) in [6.07, 6.45) is 0. The number of nitrogens with one attached hydrogen (secondary N) is 3. The Morgan fingerprint density at radius 3 is 2.33 bits per heavy atom. The molecule has 7 nitrogen and oxygen atoms in total. The van der Waals surface area contributed by atoms with Gasteiger partial charge in [-0.25, -0.2) is 5.43 Å². The van der Waals surface area contributed by atoms with Gasteiger partial charge in [0.2, 0.25) is 11.7 Å². The van der Waals surface area contributed by atoms with Crippen LogP contribution in [0.2, 0.25) is 0 Å². The molecular formula is C20H25N3O4. The van der Waals surface area contributed by atoms with Crippen molar-refractivity contribution in [2.24, 2.45) is 5.92 Å². The molecule has 0 saturated carbocycles. The van der Waals surface area contributed by atoms with E-state index in [1.165, 1.54) is 0 Å². The van der Waals surface area contributed by atoms with Crippen molar-refractivity contribution < 1.29 is 19.0 Å². The fraction of sp³-hybridized carbons (Fsp3) is 0.350. The SMILES string of the molecule is COc1cc(CNC(=O)C2CNNC2c2ccccc2)cc(OC)c1OC. The van der Waals surface area contributed by atoms with E-state index in [1.54, 1.807) is 21.3 Å². The van der Waals surface area contributed by atoms with Crippen molar-refractivity contribution in [2.45, 2.75) is 12.6 Å². The molecule has 7 heteroatoms. The number of hydrogen-bond acceptors (Lipinski definition) is 6. The van der Waals surface area contributed by atoms with E-state index in [4.69, 9.17) is 14.2 Å². The third kappa shape index (κ3) is 4.15. The lowest BCUT2D eigenvalue weighted by atomic mass is 9.94. The number of amides is 1. The Bertz CT molecular complexity index is 757. The molecule has 1 aliphatic rings. The van der Waals surface area contributed by atoms with E-state index in [0.717, 1.165) is 11.1 Å². The van der Waals surface area contributed by atoms with Gasteiger partial charge in [-0.15, -0.1) is 0 Å². The average molecular weight is 371 g/mol. The normalized spacial score (nSPS) is 18.8. The zero-order valence-corrected chi connectivity index (χ0v) is 15.7. The highest BCUT2D eigenvalue weighted by molar-refractivity contribution is 5.80. The Balaban J connectivity index is 1.70. The number of benzene rings is 2. The van der Waals surface area contributed by atoms with Crippen LogP contribution in [0.15, 0.2) is 42.5 Å². The number of carbonyl (C=O) groups excluding carboxylic acids is 1. The maximum Gasteiger partial charge on any atom is 0.226 e. The summed E-state index contributed by atoms with van der Waals surface area (Å²) in [6.45, 7) is 0.939. The first-order chi connectivity index (χ1) is 13.2.